The van der Waals surface area contributed by atoms with Crippen molar-refractivity contribution < 1.29 is 27.1 Å². The van der Waals surface area contributed by atoms with Crippen LogP contribution in [0.4, 0.5) is 23.2 Å². The Balaban J connectivity index is 2.08. The molecule has 0 bridgehead atoms. The predicted molar refractivity (Wildman–Crippen MR) is 74.5 cm³/mol. The van der Waals surface area contributed by atoms with Crippen LogP contribution in [0.15, 0.2) is 34.8 Å². The Morgan fingerprint density at radius 1 is 1.09 bits per heavy atom. The van der Waals surface area contributed by atoms with Crippen molar-refractivity contribution in [1.82, 2.24) is 0 Å². The molecular formula is C14H8BrF4NO2. The zero-order valence-corrected chi connectivity index (χ0v) is 12.4. The van der Waals surface area contributed by atoms with Gasteiger partial charge in [0.05, 0.1) is 5.69 Å². The number of carbonyl (C=O) groups excluding carboxylic acids is 1. The largest absolute Gasteiger partial charge is 0.477 e. The maximum absolute atomic E-state index is 13.3. The maximum Gasteiger partial charge on any atom is 0.262 e. The van der Waals surface area contributed by atoms with E-state index in [2.05, 4.69) is 26.0 Å². The van der Waals surface area contributed by atoms with Gasteiger partial charge in [0.1, 0.15) is 0 Å². The van der Waals surface area contributed by atoms with E-state index in [0.717, 1.165) is 0 Å². The Morgan fingerprint density at radius 2 is 1.68 bits per heavy atom. The van der Waals surface area contributed by atoms with Gasteiger partial charge in [0, 0.05) is 10.5 Å². The first-order valence-corrected chi connectivity index (χ1v) is 6.69. The normalized spacial score (nSPS) is 10.4. The molecule has 2 aromatic carbocycles. The van der Waals surface area contributed by atoms with Gasteiger partial charge in [-0.25, -0.2) is 8.78 Å². The number of hydrogen-bond donors (Lipinski definition) is 1. The van der Waals surface area contributed by atoms with Crippen LogP contribution in [0, 0.1) is 23.3 Å². The highest BCUT2D eigenvalue weighted by molar-refractivity contribution is 9.10. The predicted octanol–water partition coefficient (Wildman–Crippen LogP) is 4.02. The molecule has 0 aromatic heterocycles. The van der Waals surface area contributed by atoms with Crippen molar-refractivity contribution in [3.05, 3.63) is 58.1 Å². The molecule has 2 aromatic rings. The van der Waals surface area contributed by atoms with Crippen LogP contribution in [0.25, 0.3) is 0 Å². The molecule has 1 N–H and O–H groups in total. The highest BCUT2D eigenvalue weighted by atomic mass is 79.9. The molecule has 0 unspecified atom stereocenters. The van der Waals surface area contributed by atoms with Crippen molar-refractivity contribution in [2.75, 3.05) is 11.9 Å². The van der Waals surface area contributed by atoms with Gasteiger partial charge in [-0.3, -0.25) is 4.79 Å². The molecule has 116 valence electrons. The van der Waals surface area contributed by atoms with Gasteiger partial charge in [0.25, 0.3) is 5.91 Å². The van der Waals surface area contributed by atoms with Gasteiger partial charge >= 0.3 is 0 Å². The molecule has 3 nitrogen and oxygen atoms in total. The van der Waals surface area contributed by atoms with Gasteiger partial charge in [-0.1, -0.05) is 12.1 Å². The van der Waals surface area contributed by atoms with Gasteiger partial charge in [-0.05, 0) is 28.1 Å². The third kappa shape index (κ3) is 3.56. The quantitative estimate of drug-likeness (QED) is 0.645. The first-order chi connectivity index (χ1) is 10.4. The number of ether oxygens (including phenoxy) is 1. The van der Waals surface area contributed by atoms with Crippen molar-refractivity contribution in [2.24, 2.45) is 0 Å². The van der Waals surface area contributed by atoms with E-state index in [-0.39, 0.29) is 6.07 Å². The number of nitrogens with one attached hydrogen (secondary N) is 1. The van der Waals surface area contributed by atoms with Gasteiger partial charge in [-0.15, -0.1) is 0 Å². The molecule has 0 saturated carbocycles. The van der Waals surface area contributed by atoms with E-state index in [0.29, 0.717) is 10.2 Å². The van der Waals surface area contributed by atoms with Crippen LogP contribution in [-0.4, -0.2) is 12.5 Å². The molecule has 0 aliphatic rings. The second-order valence-corrected chi connectivity index (χ2v) is 4.97. The third-order valence-corrected chi connectivity index (χ3v) is 3.26. The number of rotatable bonds is 4. The van der Waals surface area contributed by atoms with Gasteiger partial charge in [0.2, 0.25) is 11.6 Å². The number of benzene rings is 2. The second kappa shape index (κ2) is 6.78. The van der Waals surface area contributed by atoms with Crippen LogP contribution in [0.5, 0.6) is 5.75 Å². The highest BCUT2D eigenvalue weighted by Gasteiger charge is 2.21. The SMILES string of the molecule is O=C(COc1c(F)c(F)cc(F)c1F)Nc1ccccc1Br. The zero-order chi connectivity index (χ0) is 16.3. The molecule has 1 amide bonds. The minimum absolute atomic E-state index is 0.0542. The minimum Gasteiger partial charge on any atom is -0.477 e. The lowest BCUT2D eigenvalue weighted by Gasteiger charge is -2.10. The fourth-order valence-corrected chi connectivity index (χ4v) is 1.95. The van der Waals surface area contributed by atoms with E-state index in [9.17, 15) is 22.4 Å². The number of amides is 1. The number of carbonyl (C=O) groups is 1. The summed E-state index contributed by atoms with van der Waals surface area (Å²) >= 11 is 3.19. The molecule has 0 fully saturated rings. The van der Waals surface area contributed by atoms with Crippen molar-refractivity contribution >= 4 is 27.5 Å². The number of anilines is 1. The molecule has 0 heterocycles. The summed E-state index contributed by atoms with van der Waals surface area (Å²) in [6, 6.07) is 6.67. The van der Waals surface area contributed by atoms with Crippen LogP contribution >= 0.6 is 15.9 Å². The number of para-hydroxylation sites is 1. The summed E-state index contributed by atoms with van der Waals surface area (Å²) in [4.78, 5) is 11.6. The van der Waals surface area contributed by atoms with Crippen molar-refractivity contribution in [3.63, 3.8) is 0 Å². The summed E-state index contributed by atoms with van der Waals surface area (Å²) in [5, 5.41) is 2.41. The van der Waals surface area contributed by atoms with Gasteiger partial charge in [0.15, 0.2) is 24.0 Å². The van der Waals surface area contributed by atoms with E-state index >= 15 is 0 Å². The highest BCUT2D eigenvalue weighted by Crippen LogP contribution is 2.26. The molecule has 0 aliphatic carbocycles. The summed E-state index contributed by atoms with van der Waals surface area (Å²) in [7, 11) is 0. The molecular weight excluding hydrogens is 370 g/mol. The Hall–Kier alpha value is -2.09. The van der Waals surface area contributed by atoms with E-state index in [4.69, 9.17) is 0 Å². The lowest BCUT2D eigenvalue weighted by Crippen LogP contribution is -2.21. The summed E-state index contributed by atoms with van der Waals surface area (Å²) in [6.07, 6.45) is 0. The lowest BCUT2D eigenvalue weighted by atomic mass is 10.3. The summed E-state index contributed by atoms with van der Waals surface area (Å²) in [5.74, 6) is -8.66. The smallest absolute Gasteiger partial charge is 0.262 e. The van der Waals surface area contributed by atoms with Crippen LogP contribution in [-0.2, 0) is 4.79 Å². The maximum atomic E-state index is 13.3. The average molecular weight is 378 g/mol. The van der Waals surface area contributed by atoms with Crippen LogP contribution < -0.4 is 10.1 Å². The van der Waals surface area contributed by atoms with E-state index in [1.807, 2.05) is 0 Å². The zero-order valence-electron chi connectivity index (χ0n) is 10.8. The molecule has 2 rings (SSSR count). The molecule has 0 atom stereocenters. The average Bonchev–Trinajstić information content (AvgIpc) is 2.47. The second-order valence-electron chi connectivity index (χ2n) is 4.11. The van der Waals surface area contributed by atoms with Crippen LogP contribution in [0.3, 0.4) is 0 Å². The van der Waals surface area contributed by atoms with Gasteiger partial charge in [-0.2, -0.15) is 8.78 Å². The van der Waals surface area contributed by atoms with Crippen LogP contribution in [0.2, 0.25) is 0 Å². The van der Waals surface area contributed by atoms with Gasteiger partial charge < -0.3 is 10.1 Å². The number of hydrogen-bond acceptors (Lipinski definition) is 2. The molecule has 0 aliphatic heterocycles. The molecule has 0 radical (unpaired) electrons. The fourth-order valence-electron chi connectivity index (χ4n) is 1.56. The fraction of sp³-hybridized carbons (Fsp3) is 0.0714. The first kappa shape index (κ1) is 16.3. The van der Waals surface area contributed by atoms with E-state index in [1.165, 1.54) is 0 Å². The lowest BCUT2D eigenvalue weighted by molar-refractivity contribution is -0.118. The monoisotopic (exact) mass is 377 g/mol. The molecule has 22 heavy (non-hydrogen) atoms. The minimum atomic E-state index is -1.70. The molecule has 8 heteroatoms. The third-order valence-electron chi connectivity index (χ3n) is 2.57. The van der Waals surface area contributed by atoms with E-state index < -0.39 is 41.5 Å². The topological polar surface area (TPSA) is 38.3 Å². The standard InChI is InChI=1S/C14H8BrF4NO2/c15-7-3-1-2-4-10(7)20-11(21)6-22-14-12(18)8(16)5-9(17)13(14)19/h1-5H,6H2,(H,20,21). The van der Waals surface area contributed by atoms with Crippen molar-refractivity contribution in [1.29, 1.82) is 0 Å². The Morgan fingerprint density at radius 3 is 2.27 bits per heavy atom. The van der Waals surface area contributed by atoms with E-state index in [1.54, 1.807) is 24.3 Å². The molecule has 0 saturated heterocycles. The summed E-state index contributed by atoms with van der Waals surface area (Å²) in [6.45, 7) is -0.821. The van der Waals surface area contributed by atoms with Crippen molar-refractivity contribution in [2.45, 2.75) is 0 Å². The Bertz CT molecular complexity index is 698. The Labute approximate surface area is 131 Å². The summed E-state index contributed by atoms with van der Waals surface area (Å²) in [5.41, 5.74) is 0.405. The Kier molecular flexibility index (Phi) is 5.02. The first-order valence-electron chi connectivity index (χ1n) is 5.90. The van der Waals surface area contributed by atoms with Crippen LogP contribution in [0.1, 0.15) is 0 Å². The summed E-state index contributed by atoms with van der Waals surface area (Å²) < 4.78 is 57.8. The van der Waals surface area contributed by atoms with Crippen molar-refractivity contribution in [3.8, 4) is 5.75 Å². The molecule has 0 spiro atoms. The number of halogens is 5.